The zero-order valence-corrected chi connectivity index (χ0v) is 8.30. The molecular weight excluding hydrogens is 188 g/mol. The van der Waals surface area contributed by atoms with Crippen molar-refractivity contribution in [3.8, 4) is 0 Å². The molecule has 0 saturated carbocycles. The highest BCUT2D eigenvalue weighted by Crippen LogP contribution is 2.17. The van der Waals surface area contributed by atoms with Gasteiger partial charge in [-0.25, -0.2) is 0 Å². The van der Waals surface area contributed by atoms with Gasteiger partial charge in [-0.3, -0.25) is 9.59 Å². The van der Waals surface area contributed by atoms with Gasteiger partial charge in [0.25, 0.3) is 0 Å². The minimum absolute atomic E-state index is 0.0173. The Labute approximate surface area is 82.9 Å². The van der Waals surface area contributed by atoms with E-state index in [1.807, 2.05) is 0 Å². The summed E-state index contributed by atoms with van der Waals surface area (Å²) in [6.07, 6.45) is 1.95. The van der Waals surface area contributed by atoms with Crippen LogP contribution in [0.2, 0.25) is 0 Å². The van der Waals surface area contributed by atoms with Crippen LogP contribution in [0.1, 0.15) is 19.3 Å². The van der Waals surface area contributed by atoms with Crippen molar-refractivity contribution in [2.24, 2.45) is 5.73 Å². The van der Waals surface area contributed by atoms with Crippen LogP contribution in [0.15, 0.2) is 0 Å². The Hall–Kier alpha value is -0.710. The summed E-state index contributed by atoms with van der Waals surface area (Å²) in [4.78, 5) is 23.9. The molecule has 1 heterocycles. The second kappa shape index (κ2) is 4.50. The standard InChI is InChI=1S/C8H14N2O2S/c9-8(12)6-2-1-4-10(6)7(11)3-5-13/h6,13H,1-5H2,(H2,9,12)/t6-/m0/s1. The van der Waals surface area contributed by atoms with Gasteiger partial charge in [0.05, 0.1) is 0 Å². The summed E-state index contributed by atoms with van der Waals surface area (Å²) in [7, 11) is 0. The van der Waals surface area contributed by atoms with Gasteiger partial charge in [-0.05, 0) is 18.6 Å². The van der Waals surface area contributed by atoms with Crippen LogP contribution >= 0.6 is 12.6 Å². The summed E-state index contributed by atoms with van der Waals surface area (Å²) >= 11 is 3.97. The first-order valence-corrected chi connectivity index (χ1v) is 4.99. The van der Waals surface area contributed by atoms with Crippen LogP contribution in [0.5, 0.6) is 0 Å². The molecule has 1 aliphatic rings. The fourth-order valence-corrected chi connectivity index (χ4v) is 1.79. The van der Waals surface area contributed by atoms with Crippen molar-refractivity contribution in [2.45, 2.75) is 25.3 Å². The summed E-state index contributed by atoms with van der Waals surface area (Å²) in [5.41, 5.74) is 5.17. The number of carbonyl (C=O) groups is 2. The largest absolute Gasteiger partial charge is 0.368 e. The molecule has 1 aliphatic heterocycles. The summed E-state index contributed by atoms with van der Waals surface area (Å²) in [6.45, 7) is 0.653. The van der Waals surface area contributed by atoms with Crippen LogP contribution in [-0.4, -0.2) is 35.1 Å². The Bertz CT molecular complexity index is 220. The number of thiol groups is 1. The number of primary amides is 1. The molecule has 4 nitrogen and oxygen atoms in total. The summed E-state index contributed by atoms with van der Waals surface area (Å²) in [6, 6.07) is -0.382. The van der Waals surface area contributed by atoms with Crippen molar-refractivity contribution >= 4 is 24.4 Å². The van der Waals surface area contributed by atoms with Crippen molar-refractivity contribution in [2.75, 3.05) is 12.3 Å². The van der Waals surface area contributed by atoms with E-state index in [9.17, 15) is 9.59 Å². The molecular formula is C8H14N2O2S. The van der Waals surface area contributed by atoms with Gasteiger partial charge in [-0.15, -0.1) is 0 Å². The number of amides is 2. The van der Waals surface area contributed by atoms with E-state index < -0.39 is 5.91 Å². The van der Waals surface area contributed by atoms with E-state index in [1.54, 1.807) is 4.90 Å². The Balaban J connectivity index is 2.57. The van der Waals surface area contributed by atoms with Crippen molar-refractivity contribution < 1.29 is 9.59 Å². The Kier molecular flexibility index (Phi) is 3.59. The zero-order valence-electron chi connectivity index (χ0n) is 7.40. The molecule has 74 valence electrons. The topological polar surface area (TPSA) is 63.4 Å². The lowest BCUT2D eigenvalue weighted by Crippen LogP contribution is -2.43. The minimum atomic E-state index is -0.398. The molecule has 0 bridgehead atoms. The molecule has 1 fully saturated rings. The highest BCUT2D eigenvalue weighted by Gasteiger charge is 2.31. The van der Waals surface area contributed by atoms with Crippen molar-refractivity contribution in [1.82, 2.24) is 4.90 Å². The van der Waals surface area contributed by atoms with E-state index >= 15 is 0 Å². The fourth-order valence-electron chi connectivity index (χ4n) is 1.60. The lowest BCUT2D eigenvalue weighted by atomic mass is 10.2. The monoisotopic (exact) mass is 202 g/mol. The molecule has 5 heteroatoms. The maximum atomic E-state index is 11.4. The first-order chi connectivity index (χ1) is 6.16. The number of hydrogen-bond acceptors (Lipinski definition) is 3. The second-order valence-corrected chi connectivity index (χ2v) is 3.57. The first-order valence-electron chi connectivity index (χ1n) is 4.36. The highest BCUT2D eigenvalue weighted by atomic mass is 32.1. The third kappa shape index (κ3) is 2.37. The molecule has 1 atom stereocenters. The summed E-state index contributed by atoms with van der Waals surface area (Å²) in [5, 5.41) is 0. The molecule has 0 aromatic rings. The van der Waals surface area contributed by atoms with Gasteiger partial charge >= 0.3 is 0 Å². The van der Waals surface area contributed by atoms with Gasteiger partial charge in [-0.2, -0.15) is 12.6 Å². The molecule has 13 heavy (non-hydrogen) atoms. The smallest absolute Gasteiger partial charge is 0.240 e. The number of nitrogens with two attached hydrogens (primary N) is 1. The van der Waals surface area contributed by atoms with Crippen molar-refractivity contribution in [3.63, 3.8) is 0 Å². The number of nitrogens with zero attached hydrogens (tertiary/aromatic N) is 1. The van der Waals surface area contributed by atoms with E-state index in [4.69, 9.17) is 5.73 Å². The predicted molar refractivity (Wildman–Crippen MR) is 52.4 cm³/mol. The van der Waals surface area contributed by atoms with E-state index in [1.165, 1.54) is 0 Å². The van der Waals surface area contributed by atoms with Crippen LogP contribution in [0.25, 0.3) is 0 Å². The van der Waals surface area contributed by atoms with Gasteiger partial charge in [0, 0.05) is 13.0 Å². The van der Waals surface area contributed by atoms with Gasteiger partial charge in [0.1, 0.15) is 6.04 Å². The van der Waals surface area contributed by atoms with E-state index in [0.29, 0.717) is 25.1 Å². The molecule has 1 rings (SSSR count). The van der Waals surface area contributed by atoms with Gasteiger partial charge in [0.2, 0.25) is 11.8 Å². The third-order valence-electron chi connectivity index (χ3n) is 2.23. The molecule has 0 aromatic carbocycles. The highest BCUT2D eigenvalue weighted by molar-refractivity contribution is 7.80. The predicted octanol–water partition coefficient (Wildman–Crippen LogP) is -0.217. The Morgan fingerprint density at radius 3 is 2.77 bits per heavy atom. The average molecular weight is 202 g/mol. The average Bonchev–Trinajstić information content (AvgIpc) is 2.52. The molecule has 2 amide bonds. The molecule has 0 spiro atoms. The lowest BCUT2D eigenvalue weighted by molar-refractivity contribution is -0.136. The van der Waals surface area contributed by atoms with Gasteiger partial charge < -0.3 is 10.6 Å². The number of carbonyl (C=O) groups excluding carboxylic acids is 2. The summed E-state index contributed by atoms with van der Waals surface area (Å²) < 4.78 is 0. The zero-order chi connectivity index (χ0) is 9.84. The third-order valence-corrected chi connectivity index (χ3v) is 2.45. The van der Waals surface area contributed by atoms with E-state index in [2.05, 4.69) is 12.6 Å². The maximum Gasteiger partial charge on any atom is 0.240 e. The molecule has 1 saturated heterocycles. The number of rotatable bonds is 3. The summed E-state index contributed by atoms with van der Waals surface area (Å²) in [5.74, 6) is 0.0992. The first kappa shape index (κ1) is 10.4. The minimum Gasteiger partial charge on any atom is -0.368 e. The van der Waals surface area contributed by atoms with Gasteiger partial charge in [0.15, 0.2) is 0 Å². The SMILES string of the molecule is NC(=O)[C@@H]1CCCN1C(=O)CCS. The van der Waals surface area contributed by atoms with Gasteiger partial charge in [-0.1, -0.05) is 0 Å². The van der Waals surface area contributed by atoms with Crippen LogP contribution in [0, 0.1) is 0 Å². The number of hydrogen-bond donors (Lipinski definition) is 2. The molecule has 0 unspecified atom stereocenters. The quantitative estimate of drug-likeness (QED) is 0.622. The molecule has 0 radical (unpaired) electrons. The van der Waals surface area contributed by atoms with E-state index in [-0.39, 0.29) is 11.9 Å². The van der Waals surface area contributed by atoms with Crippen LogP contribution in [0.3, 0.4) is 0 Å². The van der Waals surface area contributed by atoms with E-state index in [0.717, 1.165) is 6.42 Å². The Morgan fingerprint density at radius 2 is 2.23 bits per heavy atom. The van der Waals surface area contributed by atoms with Crippen LogP contribution in [-0.2, 0) is 9.59 Å². The molecule has 2 N–H and O–H groups in total. The van der Waals surface area contributed by atoms with Crippen LogP contribution in [0.4, 0.5) is 0 Å². The molecule has 0 aliphatic carbocycles. The molecule has 0 aromatic heterocycles. The van der Waals surface area contributed by atoms with Crippen LogP contribution < -0.4 is 5.73 Å². The second-order valence-electron chi connectivity index (χ2n) is 3.12. The van der Waals surface area contributed by atoms with Crippen molar-refractivity contribution in [3.05, 3.63) is 0 Å². The Morgan fingerprint density at radius 1 is 1.54 bits per heavy atom. The normalized spacial score (nSPS) is 21.9. The maximum absolute atomic E-state index is 11.4. The van der Waals surface area contributed by atoms with Crippen molar-refractivity contribution in [1.29, 1.82) is 0 Å². The lowest BCUT2D eigenvalue weighted by Gasteiger charge is -2.21. The number of likely N-dealkylation sites (tertiary alicyclic amines) is 1. The fraction of sp³-hybridized carbons (Fsp3) is 0.750.